The Morgan fingerprint density at radius 1 is 1.17 bits per heavy atom. The molecule has 1 fully saturated rings. The number of aliphatic imine (C=N–C) groups is 1. The Morgan fingerprint density at radius 3 is 2.54 bits per heavy atom. The summed E-state index contributed by atoms with van der Waals surface area (Å²) in [5, 5.41) is 0. The minimum atomic E-state index is -0.797. The topological polar surface area (TPSA) is 65.0 Å². The van der Waals surface area contributed by atoms with E-state index in [1.807, 2.05) is 42.5 Å². The predicted octanol–water partition coefficient (Wildman–Crippen LogP) is 2.84. The smallest absolute Gasteiger partial charge is 0.341 e. The number of carbonyl (C=O) groups is 2. The molecule has 120 valence electrons. The molecule has 24 heavy (non-hydrogen) atoms. The van der Waals surface area contributed by atoms with Crippen molar-refractivity contribution >= 4 is 17.8 Å². The molecule has 1 saturated carbocycles. The van der Waals surface area contributed by atoms with Crippen LogP contribution in [0.25, 0.3) is 0 Å². The van der Waals surface area contributed by atoms with E-state index < -0.39 is 5.54 Å². The van der Waals surface area contributed by atoms with E-state index in [0.29, 0.717) is 18.1 Å². The first-order chi connectivity index (χ1) is 11.6. The van der Waals surface area contributed by atoms with Crippen LogP contribution in [0.4, 0.5) is 0 Å². The van der Waals surface area contributed by atoms with Gasteiger partial charge in [0.25, 0.3) is 0 Å². The number of benzene rings is 2. The zero-order chi connectivity index (χ0) is 16.7. The van der Waals surface area contributed by atoms with Gasteiger partial charge in [0, 0.05) is 18.4 Å². The number of ether oxygens (including phenoxy) is 2. The Bertz CT molecular complexity index is 841. The van der Waals surface area contributed by atoms with Crippen molar-refractivity contribution in [2.45, 2.75) is 24.8 Å². The molecule has 1 spiro atoms. The maximum Gasteiger partial charge on any atom is 0.341 e. The summed E-state index contributed by atoms with van der Waals surface area (Å²) in [5.74, 6) is 0.221. The van der Waals surface area contributed by atoms with E-state index >= 15 is 0 Å². The fourth-order valence-corrected chi connectivity index (χ4v) is 3.06. The Labute approximate surface area is 138 Å². The first-order valence-electron chi connectivity index (χ1n) is 7.74. The molecule has 0 amide bonds. The molecule has 2 atom stereocenters. The lowest BCUT2D eigenvalue weighted by Gasteiger charge is -2.05. The average Bonchev–Trinajstić information content (AvgIpc) is 3.21. The molecule has 0 bridgehead atoms. The van der Waals surface area contributed by atoms with Gasteiger partial charge in [-0.1, -0.05) is 30.3 Å². The lowest BCUT2D eigenvalue weighted by molar-refractivity contribution is -0.136. The van der Waals surface area contributed by atoms with Crippen LogP contribution < -0.4 is 4.74 Å². The first-order valence-corrected chi connectivity index (χ1v) is 7.74. The van der Waals surface area contributed by atoms with Crippen LogP contribution in [0.5, 0.6) is 5.75 Å². The van der Waals surface area contributed by atoms with Gasteiger partial charge in [-0.2, -0.15) is 0 Å². The van der Waals surface area contributed by atoms with Gasteiger partial charge in [-0.15, -0.1) is 0 Å². The fourth-order valence-electron chi connectivity index (χ4n) is 3.06. The van der Waals surface area contributed by atoms with E-state index in [9.17, 15) is 9.59 Å². The molecule has 5 nitrogen and oxygen atoms in total. The Hall–Kier alpha value is -2.95. The molecule has 0 aromatic heterocycles. The zero-order valence-corrected chi connectivity index (χ0v) is 13.1. The highest BCUT2D eigenvalue weighted by molar-refractivity contribution is 6.10. The number of hydrogen-bond acceptors (Lipinski definition) is 5. The van der Waals surface area contributed by atoms with Crippen molar-refractivity contribution in [1.29, 1.82) is 0 Å². The van der Waals surface area contributed by atoms with E-state index in [1.165, 1.54) is 6.92 Å². The van der Waals surface area contributed by atoms with Crippen molar-refractivity contribution in [2.24, 2.45) is 4.99 Å². The minimum Gasteiger partial charge on any atom is -0.427 e. The zero-order valence-electron chi connectivity index (χ0n) is 13.1. The summed E-state index contributed by atoms with van der Waals surface area (Å²) in [6.45, 7) is 1.36. The third-order valence-corrected chi connectivity index (χ3v) is 4.34. The third kappa shape index (κ3) is 2.38. The van der Waals surface area contributed by atoms with Crippen molar-refractivity contribution in [2.75, 3.05) is 0 Å². The summed E-state index contributed by atoms with van der Waals surface area (Å²) < 4.78 is 10.4. The van der Waals surface area contributed by atoms with Crippen molar-refractivity contribution in [1.82, 2.24) is 0 Å². The summed E-state index contributed by atoms with van der Waals surface area (Å²) in [6.07, 6.45) is 0.634. The van der Waals surface area contributed by atoms with Crippen LogP contribution in [-0.2, 0) is 14.3 Å². The highest BCUT2D eigenvalue weighted by Gasteiger charge is 2.65. The maximum absolute atomic E-state index is 12.3. The van der Waals surface area contributed by atoms with Crippen LogP contribution in [0.2, 0.25) is 0 Å². The van der Waals surface area contributed by atoms with Gasteiger partial charge in [-0.3, -0.25) is 4.79 Å². The number of hydrogen-bond donors (Lipinski definition) is 0. The van der Waals surface area contributed by atoms with Crippen molar-refractivity contribution in [3.05, 3.63) is 65.7 Å². The van der Waals surface area contributed by atoms with Crippen LogP contribution >= 0.6 is 0 Å². The van der Waals surface area contributed by atoms with Crippen LogP contribution in [0.15, 0.2) is 59.6 Å². The fraction of sp³-hybridized carbons (Fsp3) is 0.211. The highest BCUT2D eigenvalue weighted by Crippen LogP contribution is 2.57. The third-order valence-electron chi connectivity index (χ3n) is 4.34. The molecule has 0 N–H and O–H groups in total. The summed E-state index contributed by atoms with van der Waals surface area (Å²) in [5.41, 5.74) is 0.994. The number of nitrogens with zero attached hydrogens (tertiary/aromatic N) is 1. The van der Waals surface area contributed by atoms with Gasteiger partial charge in [-0.05, 0) is 36.2 Å². The predicted molar refractivity (Wildman–Crippen MR) is 86.9 cm³/mol. The highest BCUT2D eigenvalue weighted by atomic mass is 16.6. The first kappa shape index (κ1) is 14.6. The summed E-state index contributed by atoms with van der Waals surface area (Å²) in [6, 6.07) is 16.6. The van der Waals surface area contributed by atoms with E-state index in [0.717, 1.165) is 11.1 Å². The molecule has 1 aliphatic carbocycles. The summed E-state index contributed by atoms with van der Waals surface area (Å²) in [7, 11) is 0. The lowest BCUT2D eigenvalue weighted by Crippen LogP contribution is -2.18. The number of esters is 2. The van der Waals surface area contributed by atoms with Gasteiger partial charge < -0.3 is 9.47 Å². The second-order valence-electron chi connectivity index (χ2n) is 6.02. The molecule has 0 radical (unpaired) electrons. The van der Waals surface area contributed by atoms with E-state index in [-0.39, 0.29) is 17.9 Å². The standard InChI is InChI=1S/C19H15NO4/c1-12(21)23-15-9-7-13(8-10-15)16-11-19(16)18(22)24-17(20-19)14-5-3-2-4-6-14/h2-10,16H,11H2,1H3/t16-,19?/m1/s1. The van der Waals surface area contributed by atoms with E-state index in [4.69, 9.17) is 9.47 Å². The molecule has 2 aliphatic rings. The molecule has 2 aromatic carbocycles. The SMILES string of the molecule is CC(=O)Oc1ccc([C@H]2CC23N=C(c2ccccc2)OC3=O)cc1. The monoisotopic (exact) mass is 321 g/mol. The van der Waals surface area contributed by atoms with E-state index in [1.54, 1.807) is 12.1 Å². The Kier molecular flexibility index (Phi) is 3.23. The number of cyclic esters (lactones) is 1. The molecular weight excluding hydrogens is 306 g/mol. The molecule has 2 aromatic rings. The Balaban J connectivity index is 1.57. The van der Waals surface area contributed by atoms with Crippen molar-refractivity contribution < 1.29 is 19.1 Å². The molecule has 5 heteroatoms. The number of carbonyl (C=O) groups excluding carboxylic acids is 2. The normalized spacial score (nSPS) is 24.5. The second-order valence-corrected chi connectivity index (χ2v) is 6.02. The van der Waals surface area contributed by atoms with Gasteiger partial charge in [-0.25, -0.2) is 9.79 Å². The quantitative estimate of drug-likeness (QED) is 0.644. The molecular formula is C19H15NO4. The average molecular weight is 321 g/mol. The molecule has 1 heterocycles. The summed E-state index contributed by atoms with van der Waals surface area (Å²) in [4.78, 5) is 27.9. The van der Waals surface area contributed by atoms with Gasteiger partial charge in [0.05, 0.1) is 0 Å². The summed E-state index contributed by atoms with van der Waals surface area (Å²) >= 11 is 0. The molecule has 1 aliphatic heterocycles. The van der Waals surface area contributed by atoms with Gasteiger partial charge in [0.2, 0.25) is 5.90 Å². The van der Waals surface area contributed by atoms with E-state index in [2.05, 4.69) is 4.99 Å². The maximum atomic E-state index is 12.3. The minimum absolute atomic E-state index is 0.00223. The lowest BCUT2D eigenvalue weighted by atomic mass is 10.1. The Morgan fingerprint density at radius 2 is 1.88 bits per heavy atom. The second kappa shape index (κ2) is 5.30. The van der Waals surface area contributed by atoms with Gasteiger partial charge in [0.15, 0.2) is 5.54 Å². The largest absolute Gasteiger partial charge is 0.427 e. The molecule has 4 rings (SSSR count). The molecule has 0 saturated heterocycles. The van der Waals surface area contributed by atoms with Gasteiger partial charge in [0.1, 0.15) is 5.75 Å². The van der Waals surface area contributed by atoms with Crippen molar-refractivity contribution in [3.8, 4) is 5.75 Å². The molecule has 1 unspecified atom stereocenters. The number of rotatable bonds is 3. The van der Waals surface area contributed by atoms with Crippen molar-refractivity contribution in [3.63, 3.8) is 0 Å². The van der Waals surface area contributed by atoms with Crippen LogP contribution in [0.1, 0.15) is 30.4 Å². The van der Waals surface area contributed by atoms with Crippen LogP contribution in [0, 0.1) is 0 Å². The van der Waals surface area contributed by atoms with Crippen LogP contribution in [0.3, 0.4) is 0 Å². The van der Waals surface area contributed by atoms with Gasteiger partial charge >= 0.3 is 11.9 Å². The van der Waals surface area contributed by atoms with Crippen LogP contribution in [-0.4, -0.2) is 23.4 Å².